The molecule has 1 amide bonds. The van der Waals surface area contributed by atoms with Crippen LogP contribution in [-0.4, -0.2) is 47.0 Å². The van der Waals surface area contributed by atoms with Gasteiger partial charge in [0, 0.05) is 26.2 Å². The van der Waals surface area contributed by atoms with Crippen LogP contribution >= 0.6 is 0 Å². The Morgan fingerprint density at radius 1 is 0.738 bits per heavy atom. The van der Waals surface area contributed by atoms with Crippen LogP contribution in [-0.2, 0) is 22.4 Å². The van der Waals surface area contributed by atoms with Gasteiger partial charge in [0.1, 0.15) is 11.2 Å². The van der Waals surface area contributed by atoms with E-state index in [9.17, 15) is 14.3 Å². The molecule has 0 spiro atoms. The average molecular weight is 563 g/mol. The number of benzene rings is 4. The Hall–Kier alpha value is -3.80. The molecule has 6 rings (SSSR count). The summed E-state index contributed by atoms with van der Waals surface area (Å²) in [6.07, 6.45) is 3.14. The summed E-state index contributed by atoms with van der Waals surface area (Å²) < 4.78 is 13.4. The molecule has 1 N–H and O–H groups in total. The molecule has 4 aromatic rings. The minimum absolute atomic E-state index is 0.124. The molecule has 1 unspecified atom stereocenters. The molecule has 0 saturated carbocycles. The zero-order valence-corrected chi connectivity index (χ0v) is 24.0. The Morgan fingerprint density at radius 3 is 1.86 bits per heavy atom. The lowest BCUT2D eigenvalue weighted by atomic mass is 9.66. The number of carbonyl (C=O) groups excluding carboxylic acids is 1. The zero-order chi connectivity index (χ0) is 29.0. The highest BCUT2D eigenvalue weighted by atomic mass is 19.1. The maximum Gasteiger partial charge on any atom is 0.238 e. The van der Waals surface area contributed by atoms with Crippen molar-refractivity contribution in [2.24, 2.45) is 5.92 Å². The fraction of sp³-hybridized carbons (Fsp3) is 0.324. The highest BCUT2D eigenvalue weighted by Crippen LogP contribution is 2.48. The molecular formula is C37H39FN2O2. The maximum atomic E-state index is 14.6. The van der Waals surface area contributed by atoms with Crippen LogP contribution in [0.5, 0.6) is 0 Å². The molecule has 0 aromatic heterocycles. The molecule has 2 saturated heterocycles. The van der Waals surface area contributed by atoms with E-state index in [0.717, 1.165) is 54.7 Å². The van der Waals surface area contributed by atoms with Gasteiger partial charge in [0.25, 0.3) is 0 Å². The predicted octanol–water partition coefficient (Wildman–Crippen LogP) is 6.53. The van der Waals surface area contributed by atoms with E-state index in [4.69, 9.17) is 0 Å². The fourth-order valence-electron chi connectivity index (χ4n) is 7.20. The molecule has 2 heterocycles. The summed E-state index contributed by atoms with van der Waals surface area (Å²) in [6, 6.07) is 37.2. The first-order chi connectivity index (χ1) is 20.5. The van der Waals surface area contributed by atoms with E-state index < -0.39 is 11.0 Å². The van der Waals surface area contributed by atoms with E-state index in [1.807, 2.05) is 54.6 Å². The fourth-order valence-corrected chi connectivity index (χ4v) is 7.20. The molecule has 2 aliphatic heterocycles. The first-order valence-electron chi connectivity index (χ1n) is 15.1. The molecule has 216 valence electrons. The van der Waals surface area contributed by atoms with Gasteiger partial charge in [-0.05, 0) is 72.5 Å². The number of hydrogen-bond donors (Lipinski definition) is 1. The van der Waals surface area contributed by atoms with Gasteiger partial charge in [0.05, 0.1) is 5.60 Å². The van der Waals surface area contributed by atoms with Gasteiger partial charge in [0.15, 0.2) is 0 Å². The number of nitrogens with zero attached hydrogens (tertiary/aromatic N) is 2. The number of likely N-dealkylation sites (tertiary alicyclic amines) is 2. The van der Waals surface area contributed by atoms with Crippen LogP contribution in [0.3, 0.4) is 0 Å². The Balaban J connectivity index is 1.21. The molecular weight excluding hydrogens is 523 g/mol. The van der Waals surface area contributed by atoms with Gasteiger partial charge >= 0.3 is 0 Å². The SMILES string of the molecule is O=C1N(Cc2ccccc2)CC(CCCN2CCC(O)(c3ccc(F)cc3)CC2)C1(c1ccccc1)c1ccccc1. The van der Waals surface area contributed by atoms with Gasteiger partial charge in [-0.15, -0.1) is 0 Å². The summed E-state index contributed by atoms with van der Waals surface area (Å²) >= 11 is 0. The first-order valence-corrected chi connectivity index (χ1v) is 15.1. The molecule has 0 aliphatic carbocycles. The van der Waals surface area contributed by atoms with Gasteiger partial charge < -0.3 is 14.9 Å². The number of aliphatic hydroxyl groups is 1. The van der Waals surface area contributed by atoms with Gasteiger partial charge in [-0.2, -0.15) is 0 Å². The first kappa shape index (κ1) is 28.3. The second kappa shape index (κ2) is 12.2. The monoisotopic (exact) mass is 562 g/mol. The highest BCUT2D eigenvalue weighted by Gasteiger charge is 2.55. The van der Waals surface area contributed by atoms with Crippen molar-refractivity contribution in [2.75, 3.05) is 26.2 Å². The second-order valence-corrected chi connectivity index (χ2v) is 11.9. The van der Waals surface area contributed by atoms with Gasteiger partial charge in [-0.3, -0.25) is 4.79 Å². The lowest BCUT2D eigenvalue weighted by Gasteiger charge is -2.39. The Morgan fingerprint density at radius 2 is 1.29 bits per heavy atom. The third-order valence-corrected chi connectivity index (χ3v) is 9.44. The molecule has 0 bridgehead atoms. The molecule has 4 aromatic carbocycles. The van der Waals surface area contributed by atoms with Crippen LogP contribution in [0.25, 0.3) is 0 Å². The largest absolute Gasteiger partial charge is 0.385 e. The highest BCUT2D eigenvalue weighted by molar-refractivity contribution is 5.94. The molecule has 4 nitrogen and oxygen atoms in total. The van der Waals surface area contributed by atoms with E-state index in [1.165, 1.54) is 12.1 Å². The summed E-state index contributed by atoms with van der Waals surface area (Å²) in [5, 5.41) is 11.3. The summed E-state index contributed by atoms with van der Waals surface area (Å²) in [4.78, 5) is 19.1. The number of rotatable bonds is 9. The Bertz CT molecular complexity index is 1410. The van der Waals surface area contributed by atoms with Crippen molar-refractivity contribution in [3.05, 3.63) is 143 Å². The molecule has 0 radical (unpaired) electrons. The van der Waals surface area contributed by atoms with Crippen LogP contribution in [0.2, 0.25) is 0 Å². The van der Waals surface area contributed by atoms with E-state index in [0.29, 0.717) is 25.9 Å². The lowest BCUT2D eigenvalue weighted by molar-refractivity contribution is -0.132. The van der Waals surface area contributed by atoms with Crippen molar-refractivity contribution in [2.45, 2.75) is 43.2 Å². The van der Waals surface area contributed by atoms with E-state index in [-0.39, 0.29) is 17.6 Å². The summed E-state index contributed by atoms with van der Waals surface area (Å²) in [6.45, 7) is 3.82. The second-order valence-electron chi connectivity index (χ2n) is 11.9. The van der Waals surface area contributed by atoms with Crippen molar-refractivity contribution in [1.82, 2.24) is 9.80 Å². The maximum absolute atomic E-state index is 14.6. The predicted molar refractivity (Wildman–Crippen MR) is 164 cm³/mol. The van der Waals surface area contributed by atoms with Crippen molar-refractivity contribution >= 4 is 5.91 Å². The van der Waals surface area contributed by atoms with Crippen molar-refractivity contribution in [3.8, 4) is 0 Å². The van der Waals surface area contributed by atoms with E-state index in [2.05, 4.69) is 46.2 Å². The average Bonchev–Trinajstić information content (AvgIpc) is 3.31. The standard InChI is InChI=1S/C37H39FN2O2/c38-34-20-18-30(19-21-34)36(42)22-25-39(26-23-36)24-10-17-33-28-40(27-29-11-4-1-5-12-29)35(41)37(33,31-13-6-2-7-14-31)32-15-8-3-9-16-32/h1-9,11-16,18-21,33,42H,10,17,22-28H2. The third kappa shape index (κ3) is 5.51. The van der Waals surface area contributed by atoms with E-state index in [1.54, 1.807) is 12.1 Å². The number of piperidine rings is 1. The zero-order valence-electron chi connectivity index (χ0n) is 24.0. The number of hydrogen-bond acceptors (Lipinski definition) is 3. The minimum atomic E-state index is -0.907. The van der Waals surface area contributed by atoms with Crippen molar-refractivity contribution in [3.63, 3.8) is 0 Å². The van der Waals surface area contributed by atoms with Crippen LogP contribution in [0.4, 0.5) is 4.39 Å². The minimum Gasteiger partial charge on any atom is -0.385 e. The normalized spacial score (nSPS) is 20.1. The number of carbonyl (C=O) groups is 1. The van der Waals surface area contributed by atoms with Crippen LogP contribution in [0.15, 0.2) is 115 Å². The van der Waals surface area contributed by atoms with Crippen molar-refractivity contribution in [1.29, 1.82) is 0 Å². The summed E-state index contributed by atoms with van der Waals surface area (Å²) in [5.41, 5.74) is 2.41. The molecule has 1 atom stereocenters. The number of amides is 1. The van der Waals surface area contributed by atoms with Crippen LogP contribution in [0.1, 0.15) is 47.9 Å². The summed E-state index contributed by atoms with van der Waals surface area (Å²) in [7, 11) is 0. The van der Waals surface area contributed by atoms with Crippen molar-refractivity contribution < 1.29 is 14.3 Å². The molecule has 42 heavy (non-hydrogen) atoms. The number of halogens is 1. The molecule has 5 heteroatoms. The van der Waals surface area contributed by atoms with E-state index >= 15 is 0 Å². The van der Waals surface area contributed by atoms with Gasteiger partial charge in [-0.1, -0.05) is 103 Å². The quantitative estimate of drug-likeness (QED) is 0.252. The van der Waals surface area contributed by atoms with Crippen LogP contribution in [0, 0.1) is 11.7 Å². The lowest BCUT2D eigenvalue weighted by Crippen LogP contribution is -2.43. The Kier molecular flexibility index (Phi) is 8.23. The van der Waals surface area contributed by atoms with Gasteiger partial charge in [-0.25, -0.2) is 4.39 Å². The third-order valence-electron chi connectivity index (χ3n) is 9.44. The topological polar surface area (TPSA) is 43.8 Å². The summed E-state index contributed by atoms with van der Waals surface area (Å²) in [5.74, 6) is 0.0186. The molecule has 2 fully saturated rings. The molecule has 2 aliphatic rings. The van der Waals surface area contributed by atoms with Gasteiger partial charge in [0.2, 0.25) is 5.91 Å². The van der Waals surface area contributed by atoms with Crippen LogP contribution < -0.4 is 0 Å². The Labute approximate surface area is 248 Å². The smallest absolute Gasteiger partial charge is 0.238 e.